The van der Waals surface area contributed by atoms with Crippen molar-refractivity contribution in [2.24, 2.45) is 0 Å². The van der Waals surface area contributed by atoms with Crippen LogP contribution < -0.4 is 0 Å². The molecule has 0 spiro atoms. The van der Waals surface area contributed by atoms with E-state index in [2.05, 4.69) is 0 Å². The number of hydrogen-bond acceptors (Lipinski definition) is 2. The summed E-state index contributed by atoms with van der Waals surface area (Å²) in [4.78, 5) is 2.01. The molecule has 2 nitrogen and oxygen atoms in total. The van der Waals surface area contributed by atoms with E-state index in [9.17, 15) is 4.39 Å². The second-order valence-electron chi connectivity index (χ2n) is 3.60. The van der Waals surface area contributed by atoms with Gasteiger partial charge in [-0.15, -0.1) is 0 Å². The SMILES string of the molecule is CN(C)CCc1cccc(CO)c1F. The summed E-state index contributed by atoms with van der Waals surface area (Å²) in [5.41, 5.74) is 1.05. The summed E-state index contributed by atoms with van der Waals surface area (Å²) in [6.07, 6.45) is 0.673. The van der Waals surface area contributed by atoms with E-state index in [1.807, 2.05) is 19.0 Å². The van der Waals surface area contributed by atoms with Gasteiger partial charge in [0.15, 0.2) is 0 Å². The van der Waals surface area contributed by atoms with Gasteiger partial charge in [0, 0.05) is 12.1 Å². The number of nitrogens with zero attached hydrogens (tertiary/aromatic N) is 1. The minimum Gasteiger partial charge on any atom is -0.392 e. The maximum absolute atomic E-state index is 13.5. The number of halogens is 1. The fourth-order valence-electron chi connectivity index (χ4n) is 1.29. The minimum atomic E-state index is -0.267. The second-order valence-corrected chi connectivity index (χ2v) is 3.60. The van der Waals surface area contributed by atoms with Crippen LogP contribution in [0, 0.1) is 5.82 Å². The smallest absolute Gasteiger partial charge is 0.131 e. The molecule has 0 atom stereocenters. The van der Waals surface area contributed by atoms with Crippen molar-refractivity contribution < 1.29 is 9.50 Å². The molecule has 0 amide bonds. The van der Waals surface area contributed by atoms with Gasteiger partial charge in [-0.2, -0.15) is 0 Å². The molecule has 0 fully saturated rings. The number of aliphatic hydroxyl groups excluding tert-OH is 1. The number of hydrogen-bond donors (Lipinski definition) is 1. The molecule has 3 heteroatoms. The van der Waals surface area contributed by atoms with Crippen LogP contribution in [-0.4, -0.2) is 30.6 Å². The summed E-state index contributed by atoms with van der Waals surface area (Å²) in [6.45, 7) is 0.577. The summed E-state index contributed by atoms with van der Waals surface area (Å²) < 4.78 is 13.5. The van der Waals surface area contributed by atoms with Gasteiger partial charge in [-0.25, -0.2) is 4.39 Å². The van der Waals surface area contributed by atoms with Crippen LogP contribution >= 0.6 is 0 Å². The molecule has 0 bridgehead atoms. The summed E-state index contributed by atoms with van der Waals surface area (Å²) in [7, 11) is 3.90. The molecular weight excluding hydrogens is 181 g/mol. The quantitative estimate of drug-likeness (QED) is 0.789. The van der Waals surface area contributed by atoms with Crippen LogP contribution in [0.1, 0.15) is 11.1 Å². The predicted molar refractivity (Wildman–Crippen MR) is 54.6 cm³/mol. The maximum atomic E-state index is 13.5. The molecule has 1 aromatic carbocycles. The molecule has 0 aliphatic rings. The summed E-state index contributed by atoms with van der Waals surface area (Å²) in [5, 5.41) is 8.87. The third-order valence-electron chi connectivity index (χ3n) is 2.16. The molecular formula is C11H16FNO. The molecule has 0 radical (unpaired) electrons. The van der Waals surface area contributed by atoms with Crippen molar-refractivity contribution in [3.05, 3.63) is 35.1 Å². The van der Waals surface area contributed by atoms with Crippen molar-refractivity contribution in [3.63, 3.8) is 0 Å². The van der Waals surface area contributed by atoms with Gasteiger partial charge >= 0.3 is 0 Å². The Bertz CT molecular complexity index is 299. The molecule has 0 unspecified atom stereocenters. The number of likely N-dealkylation sites (N-methyl/N-ethyl adjacent to an activating group) is 1. The molecule has 0 aliphatic carbocycles. The first-order valence-electron chi connectivity index (χ1n) is 4.67. The zero-order chi connectivity index (χ0) is 10.6. The monoisotopic (exact) mass is 197 g/mol. The molecule has 78 valence electrons. The molecule has 1 rings (SSSR count). The number of benzene rings is 1. The van der Waals surface area contributed by atoms with Crippen molar-refractivity contribution in [3.8, 4) is 0 Å². The van der Waals surface area contributed by atoms with Crippen LogP contribution in [0.25, 0.3) is 0 Å². The van der Waals surface area contributed by atoms with Gasteiger partial charge in [-0.05, 0) is 26.1 Å². The first-order valence-corrected chi connectivity index (χ1v) is 4.67. The fraction of sp³-hybridized carbons (Fsp3) is 0.455. The standard InChI is InChI=1S/C11H16FNO/c1-13(2)7-6-9-4-3-5-10(8-14)11(9)12/h3-5,14H,6-8H2,1-2H3. The zero-order valence-electron chi connectivity index (χ0n) is 8.63. The summed E-state index contributed by atoms with van der Waals surface area (Å²) in [5.74, 6) is -0.267. The maximum Gasteiger partial charge on any atom is 0.131 e. The Morgan fingerprint density at radius 3 is 2.50 bits per heavy atom. The Balaban J connectivity index is 2.76. The van der Waals surface area contributed by atoms with E-state index in [0.29, 0.717) is 17.5 Å². The van der Waals surface area contributed by atoms with Gasteiger partial charge in [-0.1, -0.05) is 18.2 Å². The van der Waals surface area contributed by atoms with E-state index in [4.69, 9.17) is 5.11 Å². The van der Waals surface area contributed by atoms with E-state index < -0.39 is 0 Å². The second kappa shape index (κ2) is 5.08. The topological polar surface area (TPSA) is 23.5 Å². The fourth-order valence-corrected chi connectivity index (χ4v) is 1.29. The average molecular weight is 197 g/mol. The van der Waals surface area contributed by atoms with Gasteiger partial charge in [0.25, 0.3) is 0 Å². The van der Waals surface area contributed by atoms with Crippen LogP contribution in [0.15, 0.2) is 18.2 Å². The van der Waals surface area contributed by atoms with Gasteiger partial charge in [0.1, 0.15) is 5.82 Å². The lowest BCUT2D eigenvalue weighted by molar-refractivity contribution is 0.275. The molecule has 14 heavy (non-hydrogen) atoms. The predicted octanol–water partition coefficient (Wildman–Crippen LogP) is 1.42. The van der Waals surface area contributed by atoms with Gasteiger partial charge in [-0.3, -0.25) is 0 Å². The van der Waals surface area contributed by atoms with E-state index in [-0.39, 0.29) is 12.4 Å². The largest absolute Gasteiger partial charge is 0.392 e. The van der Waals surface area contributed by atoms with Crippen LogP contribution in [0.5, 0.6) is 0 Å². The highest BCUT2D eigenvalue weighted by Crippen LogP contribution is 2.13. The lowest BCUT2D eigenvalue weighted by atomic mass is 10.1. The van der Waals surface area contributed by atoms with Crippen molar-refractivity contribution in [1.29, 1.82) is 0 Å². The summed E-state index contributed by atoms with van der Waals surface area (Å²) in [6, 6.07) is 5.14. The van der Waals surface area contributed by atoms with Crippen LogP contribution in [-0.2, 0) is 13.0 Å². The average Bonchev–Trinajstić information content (AvgIpc) is 2.16. The normalized spacial score (nSPS) is 10.9. The molecule has 0 aliphatic heterocycles. The Morgan fingerprint density at radius 1 is 1.29 bits per heavy atom. The van der Waals surface area contributed by atoms with Crippen molar-refractivity contribution >= 4 is 0 Å². The number of aliphatic hydroxyl groups is 1. The van der Waals surface area contributed by atoms with Gasteiger partial charge < -0.3 is 10.0 Å². The third kappa shape index (κ3) is 2.79. The molecule has 1 N–H and O–H groups in total. The zero-order valence-corrected chi connectivity index (χ0v) is 8.63. The third-order valence-corrected chi connectivity index (χ3v) is 2.16. The highest BCUT2D eigenvalue weighted by molar-refractivity contribution is 5.25. The van der Waals surface area contributed by atoms with E-state index in [1.54, 1.807) is 18.2 Å². The highest BCUT2D eigenvalue weighted by Gasteiger charge is 2.06. The lowest BCUT2D eigenvalue weighted by Gasteiger charge is -2.10. The van der Waals surface area contributed by atoms with Crippen LogP contribution in [0.4, 0.5) is 4.39 Å². The lowest BCUT2D eigenvalue weighted by Crippen LogP contribution is -2.15. The van der Waals surface area contributed by atoms with Gasteiger partial charge in [0.2, 0.25) is 0 Å². The van der Waals surface area contributed by atoms with Crippen molar-refractivity contribution in [1.82, 2.24) is 4.90 Å². The molecule has 0 aromatic heterocycles. The summed E-state index contributed by atoms with van der Waals surface area (Å²) >= 11 is 0. The molecule has 0 saturated heterocycles. The Labute approximate surface area is 84.0 Å². The van der Waals surface area contributed by atoms with E-state index in [0.717, 1.165) is 6.54 Å². The molecule has 0 saturated carbocycles. The molecule has 1 aromatic rings. The van der Waals surface area contributed by atoms with E-state index >= 15 is 0 Å². The minimum absolute atomic E-state index is 0.234. The Kier molecular flexibility index (Phi) is 4.04. The first-order chi connectivity index (χ1) is 6.65. The van der Waals surface area contributed by atoms with Crippen molar-refractivity contribution in [2.45, 2.75) is 13.0 Å². The van der Waals surface area contributed by atoms with E-state index in [1.165, 1.54) is 0 Å². The first kappa shape index (κ1) is 11.1. The van der Waals surface area contributed by atoms with Crippen molar-refractivity contribution in [2.75, 3.05) is 20.6 Å². The molecule has 0 heterocycles. The Hall–Kier alpha value is -0.930. The van der Waals surface area contributed by atoms with Crippen LogP contribution in [0.3, 0.4) is 0 Å². The van der Waals surface area contributed by atoms with Crippen LogP contribution in [0.2, 0.25) is 0 Å². The Morgan fingerprint density at radius 2 is 1.93 bits per heavy atom. The number of rotatable bonds is 4. The highest BCUT2D eigenvalue weighted by atomic mass is 19.1. The van der Waals surface area contributed by atoms with Gasteiger partial charge in [0.05, 0.1) is 6.61 Å².